The number of nitrogens with one attached hydrogen (secondary N) is 2. The van der Waals surface area contributed by atoms with Gasteiger partial charge >= 0.3 is 5.79 Å². The Labute approximate surface area is 368 Å². The number of ketones is 2. The fourth-order valence-electron chi connectivity index (χ4n) is 9.74. The number of aliphatic hydroxyl groups is 3. The number of terminal acetylenes is 1. The van der Waals surface area contributed by atoms with Gasteiger partial charge in [-0.2, -0.15) is 0 Å². The van der Waals surface area contributed by atoms with Crippen LogP contribution >= 0.6 is 0 Å². The van der Waals surface area contributed by atoms with E-state index in [1.54, 1.807) is 39.8 Å². The Morgan fingerprint density at radius 1 is 1.10 bits per heavy atom. The Morgan fingerprint density at radius 2 is 1.76 bits per heavy atom. The third-order valence-corrected chi connectivity index (χ3v) is 13.2. The third-order valence-electron chi connectivity index (χ3n) is 13.2. The average molecular weight is 863 g/mol. The van der Waals surface area contributed by atoms with E-state index in [4.69, 9.17) is 25.4 Å². The van der Waals surface area contributed by atoms with Gasteiger partial charge in [-0.05, 0) is 76.7 Å². The molecule has 0 radical (unpaired) electrons. The van der Waals surface area contributed by atoms with Crippen molar-refractivity contribution < 1.29 is 48.7 Å². The van der Waals surface area contributed by atoms with E-state index in [0.29, 0.717) is 49.5 Å². The van der Waals surface area contributed by atoms with E-state index in [0.717, 1.165) is 6.54 Å². The summed E-state index contributed by atoms with van der Waals surface area (Å²) in [4.78, 5) is 46.4. The van der Waals surface area contributed by atoms with E-state index in [1.807, 2.05) is 38.7 Å². The molecular formula is C48H70N4O10. The fourth-order valence-corrected chi connectivity index (χ4v) is 9.74. The van der Waals surface area contributed by atoms with Crippen molar-refractivity contribution in [3.63, 3.8) is 0 Å². The van der Waals surface area contributed by atoms with Gasteiger partial charge in [0.15, 0.2) is 17.3 Å². The molecule has 6 bridgehead atoms. The van der Waals surface area contributed by atoms with Crippen LogP contribution in [0.5, 0.6) is 0 Å². The van der Waals surface area contributed by atoms with Gasteiger partial charge < -0.3 is 49.8 Å². The lowest BCUT2D eigenvalue weighted by atomic mass is 9.79. The number of methoxy groups -OCH3 is 1. The number of carbonyl (C=O) groups excluding carboxylic acids is 3. The number of rotatable bonds is 5. The second-order valence-electron chi connectivity index (χ2n) is 19.1. The van der Waals surface area contributed by atoms with E-state index >= 15 is 0 Å². The van der Waals surface area contributed by atoms with Gasteiger partial charge in [0.05, 0.1) is 47.9 Å². The van der Waals surface area contributed by atoms with Crippen LogP contribution in [0.4, 0.5) is 0 Å². The standard InChI is InChI=1S/C48H70N4O10/c1-14-48-43(55)34(9)42(62-48)35(10)47(58)25-37(53)39(36-27-52(47)46(50-36)19-21-51(22-20-46)26-28(2)3)49-44(56)30(5)17-15-16-29(4)24-31(6)41(61-45(11,12)57)33(8)40(54)32(7)38(59-13)18-23-60-48/h1,15-18,23,28-29,31-33,38,40-41,50,54,57-58H,9,19-22,24-27H2,2-8,10-13H3,(H,49,56)/b16-15+,23-18+,30-17-,42-35+/t29-,31+,32+,33-,38-,40+,41+,47?,48-/m0/s1. The first-order chi connectivity index (χ1) is 28.9. The lowest BCUT2D eigenvalue weighted by molar-refractivity contribution is -0.236. The molecule has 1 spiro atoms. The topological polar surface area (TPSA) is 179 Å². The first-order valence-corrected chi connectivity index (χ1v) is 21.9. The van der Waals surface area contributed by atoms with E-state index in [2.05, 4.69) is 41.9 Å². The van der Waals surface area contributed by atoms with Gasteiger partial charge in [0.25, 0.3) is 11.7 Å². The number of aliphatic hydroxyl groups excluding tert-OH is 1. The summed E-state index contributed by atoms with van der Waals surface area (Å²) in [6, 6.07) is 0. The quantitative estimate of drug-likeness (QED) is 0.148. The maximum absolute atomic E-state index is 14.3. The minimum Gasteiger partial charge on any atom is -0.444 e. The number of piperidine rings is 1. The Balaban J connectivity index is 1.61. The molecule has 5 rings (SSSR count). The molecule has 14 nitrogen and oxygen atoms in total. The monoisotopic (exact) mass is 863 g/mol. The summed E-state index contributed by atoms with van der Waals surface area (Å²) >= 11 is 0. The molecule has 5 N–H and O–H groups in total. The molecule has 3 fully saturated rings. The van der Waals surface area contributed by atoms with Crippen LogP contribution in [0.2, 0.25) is 0 Å². The highest BCUT2D eigenvalue weighted by molar-refractivity contribution is 6.08. The molecule has 5 heterocycles. The second-order valence-corrected chi connectivity index (χ2v) is 19.1. The molecule has 2 unspecified atom stereocenters. The van der Waals surface area contributed by atoms with Crippen LogP contribution in [0, 0.1) is 41.9 Å². The molecule has 0 aromatic heterocycles. The normalized spacial score (nSPS) is 38.5. The van der Waals surface area contributed by atoms with Gasteiger partial charge in [0, 0.05) is 56.3 Å². The molecule has 3 saturated heterocycles. The minimum atomic E-state index is -2.31. The lowest BCUT2D eigenvalue weighted by Gasteiger charge is -2.51. The van der Waals surface area contributed by atoms with Crippen molar-refractivity contribution in [2.75, 3.05) is 33.3 Å². The summed E-state index contributed by atoms with van der Waals surface area (Å²) < 4.78 is 24.2. The van der Waals surface area contributed by atoms with Crippen LogP contribution in [0.15, 0.2) is 71.0 Å². The summed E-state index contributed by atoms with van der Waals surface area (Å²) in [6.45, 7) is 24.8. The summed E-state index contributed by atoms with van der Waals surface area (Å²) in [5, 5.41) is 42.1. The Morgan fingerprint density at radius 3 is 2.35 bits per heavy atom. The number of likely N-dealkylation sites (tertiary alicyclic amines) is 1. The number of allylic oxidation sites excluding steroid dienone is 5. The first kappa shape index (κ1) is 49.0. The number of hydrogen-bond acceptors (Lipinski definition) is 13. The SMILES string of the molecule is C#C[C@]12O/C=C/[C@H](OC)[C@@H](C)[C@@H](O)[C@H](C)[C@H](OC(C)(C)O)[C@H](C)C[C@@H](C)/C=C/C=C(/C)C(=O)NC3=C4CN(C5(CCN(CC(C)C)CC5)N4)C(O)(CC3=O)/C(C)=C(/O1)C(=C)C2=O. The van der Waals surface area contributed by atoms with E-state index in [9.17, 15) is 29.7 Å². The zero-order chi connectivity index (χ0) is 46.1. The smallest absolute Gasteiger partial charge is 0.383 e. The molecule has 62 heavy (non-hydrogen) atoms. The zero-order valence-corrected chi connectivity index (χ0v) is 38.5. The maximum Gasteiger partial charge on any atom is 0.383 e. The van der Waals surface area contributed by atoms with Crippen molar-refractivity contribution >= 4 is 17.5 Å². The second kappa shape index (κ2) is 19.0. The van der Waals surface area contributed by atoms with Crippen LogP contribution in [0.3, 0.4) is 0 Å². The molecule has 1 amide bonds. The number of nitrogens with zero attached hydrogens (tertiary/aromatic N) is 2. The number of hydrogen-bond donors (Lipinski definition) is 5. The highest BCUT2D eigenvalue weighted by atomic mass is 16.7. The Kier molecular flexibility index (Phi) is 15.0. The van der Waals surface area contributed by atoms with Gasteiger partial charge in [0.1, 0.15) is 11.5 Å². The van der Waals surface area contributed by atoms with Gasteiger partial charge in [-0.25, -0.2) is 4.90 Å². The lowest BCUT2D eigenvalue weighted by Crippen LogP contribution is -2.66. The number of amides is 1. The molecule has 0 aromatic carbocycles. The van der Waals surface area contributed by atoms with Crippen LogP contribution in [0.25, 0.3) is 0 Å². The van der Waals surface area contributed by atoms with Crippen LogP contribution in [-0.4, -0.2) is 117 Å². The molecule has 10 atom stereocenters. The predicted molar refractivity (Wildman–Crippen MR) is 235 cm³/mol. The summed E-state index contributed by atoms with van der Waals surface area (Å²) in [6.07, 6.45) is 13.2. The molecule has 0 aliphatic carbocycles. The number of fused-ring (bicyclic) bond motifs is 9. The van der Waals surface area contributed by atoms with Gasteiger partial charge in [-0.3, -0.25) is 14.4 Å². The molecular weight excluding hydrogens is 793 g/mol. The zero-order valence-electron chi connectivity index (χ0n) is 38.5. The van der Waals surface area contributed by atoms with Crippen molar-refractivity contribution in [3.05, 3.63) is 71.0 Å². The molecule has 5 aliphatic heterocycles. The summed E-state index contributed by atoms with van der Waals surface area (Å²) in [5.74, 6) is -4.04. The molecule has 14 heteroatoms. The summed E-state index contributed by atoms with van der Waals surface area (Å²) in [7, 11) is 1.48. The Bertz CT molecular complexity index is 1940. The number of Topliss-reactive ketones (excluding diaryl/α,β-unsaturated/α-hetero) is 2. The van der Waals surface area contributed by atoms with Crippen molar-refractivity contribution in [2.24, 2.45) is 29.6 Å². The summed E-state index contributed by atoms with van der Waals surface area (Å²) in [5.41, 5.74) is -1.96. The van der Waals surface area contributed by atoms with E-state index in [1.165, 1.54) is 19.4 Å². The number of ether oxygens (including phenoxy) is 4. The average Bonchev–Trinajstić information content (AvgIpc) is 3.66. The van der Waals surface area contributed by atoms with Crippen LogP contribution in [-0.2, 0) is 33.3 Å². The predicted octanol–water partition coefficient (Wildman–Crippen LogP) is 4.56. The maximum atomic E-state index is 14.3. The third kappa shape index (κ3) is 10.00. The number of carbonyl (C=O) groups is 3. The van der Waals surface area contributed by atoms with Gasteiger partial charge in [-0.1, -0.05) is 66.3 Å². The van der Waals surface area contributed by atoms with Gasteiger partial charge in [0.2, 0.25) is 0 Å². The van der Waals surface area contributed by atoms with E-state index in [-0.39, 0.29) is 41.0 Å². The minimum absolute atomic E-state index is 0.00750. The fraction of sp³-hybridized carbons (Fsp3) is 0.646. The van der Waals surface area contributed by atoms with Crippen LogP contribution in [0.1, 0.15) is 94.9 Å². The highest BCUT2D eigenvalue weighted by Crippen LogP contribution is 2.47. The van der Waals surface area contributed by atoms with Crippen molar-refractivity contribution in [2.45, 2.75) is 136 Å². The Hall–Kier alpha value is -4.07. The molecule has 0 aromatic rings. The van der Waals surface area contributed by atoms with Crippen molar-refractivity contribution in [3.8, 4) is 12.3 Å². The molecule has 342 valence electrons. The largest absolute Gasteiger partial charge is 0.444 e. The molecule has 5 aliphatic rings. The first-order valence-electron chi connectivity index (χ1n) is 21.9. The van der Waals surface area contributed by atoms with Crippen molar-refractivity contribution in [1.82, 2.24) is 20.4 Å². The molecule has 0 saturated carbocycles. The van der Waals surface area contributed by atoms with E-state index < -0.39 is 77.0 Å². The van der Waals surface area contributed by atoms with Crippen LogP contribution < -0.4 is 10.6 Å². The van der Waals surface area contributed by atoms with Gasteiger partial charge in [-0.15, -0.1) is 6.42 Å². The highest BCUT2D eigenvalue weighted by Gasteiger charge is 2.60. The van der Waals surface area contributed by atoms with Crippen molar-refractivity contribution in [1.29, 1.82) is 0 Å².